The van der Waals surface area contributed by atoms with E-state index in [4.69, 9.17) is 4.11 Å². The highest BCUT2D eigenvalue weighted by Gasteiger charge is 2.54. The Kier molecular flexibility index (Phi) is 4.50. The van der Waals surface area contributed by atoms with Gasteiger partial charge in [0.1, 0.15) is 0 Å². The van der Waals surface area contributed by atoms with Crippen LogP contribution in [0, 0.1) is 17.3 Å². The molecule has 1 spiro atoms. The Bertz CT molecular complexity index is 1580. The second-order valence-corrected chi connectivity index (χ2v) is 10.4. The number of hydrogen-bond donors (Lipinski definition) is 1. The zero-order valence-corrected chi connectivity index (χ0v) is 19.9. The standard InChI is InChI=1S/C31H30N2O3/c1-20(22-10-12-24(13-11-22)23-6-3-2-4-7-23)33-29-25(19-32-33)8-5-9-27(29)28(34)14-21-15-31(16-21)17-26(18-31)30(35)36/h2-13,19-21,26H,14-18H2,1H3,(H,35,36)/i1D3,20D. The third-order valence-electron chi connectivity index (χ3n) is 7.99. The van der Waals surface area contributed by atoms with Crippen molar-refractivity contribution in [1.29, 1.82) is 0 Å². The Labute approximate surface area is 216 Å². The van der Waals surface area contributed by atoms with E-state index in [-0.39, 0.29) is 28.6 Å². The van der Waals surface area contributed by atoms with Gasteiger partial charge in [-0.25, -0.2) is 0 Å². The minimum absolute atomic E-state index is 0.0608. The molecule has 1 atom stereocenters. The molecule has 2 saturated carbocycles. The second-order valence-electron chi connectivity index (χ2n) is 10.4. The van der Waals surface area contributed by atoms with E-state index < -0.39 is 18.8 Å². The largest absolute Gasteiger partial charge is 0.481 e. The van der Waals surface area contributed by atoms with Gasteiger partial charge in [-0.2, -0.15) is 5.10 Å². The van der Waals surface area contributed by atoms with Crippen LogP contribution in [-0.4, -0.2) is 26.6 Å². The van der Waals surface area contributed by atoms with E-state index in [1.807, 2.05) is 30.3 Å². The molecule has 2 fully saturated rings. The average molecular weight is 483 g/mol. The molecule has 2 aliphatic carbocycles. The SMILES string of the molecule is [2H]C([2H])([2H])C([2H])(c1ccc(-c2ccccc2)cc1)n1ncc2cccc(C(=O)CC3CC4(C3)CC(C(=O)O)C4)c21. The van der Waals surface area contributed by atoms with E-state index in [0.29, 0.717) is 35.7 Å². The highest BCUT2D eigenvalue weighted by atomic mass is 16.4. The summed E-state index contributed by atoms with van der Waals surface area (Å²) in [5, 5.41) is 14.2. The summed E-state index contributed by atoms with van der Waals surface area (Å²) in [6.07, 6.45) is 4.84. The molecule has 0 radical (unpaired) electrons. The van der Waals surface area contributed by atoms with Crippen LogP contribution in [0.25, 0.3) is 22.0 Å². The number of ketones is 1. The first-order valence-corrected chi connectivity index (χ1v) is 12.4. The second kappa shape index (κ2) is 8.74. The molecule has 182 valence electrons. The van der Waals surface area contributed by atoms with Crippen LogP contribution in [0.3, 0.4) is 0 Å². The molecule has 1 unspecified atom stereocenters. The number of aliphatic carboxylic acids is 1. The first-order chi connectivity index (χ1) is 19.0. The number of benzene rings is 3. The van der Waals surface area contributed by atoms with E-state index in [1.54, 1.807) is 42.5 Å². The first-order valence-electron chi connectivity index (χ1n) is 14.4. The van der Waals surface area contributed by atoms with Crippen LogP contribution in [0.5, 0.6) is 0 Å². The average Bonchev–Trinajstić information content (AvgIpc) is 3.33. The number of rotatable bonds is 7. The van der Waals surface area contributed by atoms with Crippen molar-refractivity contribution >= 4 is 22.7 Å². The Hall–Kier alpha value is -3.73. The normalized spacial score (nSPS) is 26.6. The predicted octanol–water partition coefficient (Wildman–Crippen LogP) is 6.78. The first kappa shape index (κ1) is 18.5. The van der Waals surface area contributed by atoms with Crippen LogP contribution in [-0.2, 0) is 4.79 Å². The van der Waals surface area contributed by atoms with Crippen molar-refractivity contribution in [3.8, 4) is 11.1 Å². The van der Waals surface area contributed by atoms with Crippen molar-refractivity contribution < 1.29 is 20.2 Å². The molecular weight excluding hydrogens is 448 g/mol. The smallest absolute Gasteiger partial charge is 0.306 e. The highest BCUT2D eigenvalue weighted by Crippen LogP contribution is 2.62. The zero-order chi connectivity index (χ0) is 28.3. The van der Waals surface area contributed by atoms with Gasteiger partial charge in [0, 0.05) is 21.5 Å². The summed E-state index contributed by atoms with van der Waals surface area (Å²) in [5.74, 6) is -0.962. The number of carboxylic acid groups (broad SMARTS) is 1. The molecule has 2 aliphatic rings. The van der Waals surface area contributed by atoms with Crippen molar-refractivity contribution in [3.63, 3.8) is 0 Å². The van der Waals surface area contributed by atoms with Crippen molar-refractivity contribution in [1.82, 2.24) is 9.78 Å². The number of para-hydroxylation sites is 1. The van der Waals surface area contributed by atoms with Gasteiger partial charge in [0.2, 0.25) is 0 Å². The maximum atomic E-state index is 13.6. The molecule has 6 rings (SSSR count). The third kappa shape index (κ3) is 3.93. The Morgan fingerprint density at radius 3 is 2.44 bits per heavy atom. The number of hydrogen-bond acceptors (Lipinski definition) is 3. The molecule has 0 saturated heterocycles. The topological polar surface area (TPSA) is 72.2 Å². The van der Waals surface area contributed by atoms with E-state index in [1.165, 1.54) is 10.9 Å². The maximum Gasteiger partial charge on any atom is 0.306 e. The Morgan fingerprint density at radius 1 is 1.03 bits per heavy atom. The van der Waals surface area contributed by atoms with Gasteiger partial charge >= 0.3 is 5.97 Å². The Balaban J connectivity index is 1.32. The number of nitrogens with zero attached hydrogens (tertiary/aromatic N) is 2. The molecule has 4 aromatic rings. The minimum Gasteiger partial charge on any atom is -0.481 e. The van der Waals surface area contributed by atoms with Crippen LogP contribution in [0.4, 0.5) is 0 Å². The van der Waals surface area contributed by atoms with Crippen molar-refractivity contribution in [3.05, 3.63) is 90.1 Å². The minimum atomic E-state index is -2.79. The van der Waals surface area contributed by atoms with Crippen LogP contribution < -0.4 is 0 Å². The summed E-state index contributed by atoms with van der Waals surface area (Å²) in [7, 11) is 0. The summed E-state index contributed by atoms with van der Waals surface area (Å²) in [5.41, 5.74) is 2.89. The van der Waals surface area contributed by atoms with Crippen molar-refractivity contribution in [2.24, 2.45) is 17.3 Å². The number of Topliss-reactive ketones (excluding diaryl/α,β-unsaturated/α-hetero) is 1. The van der Waals surface area contributed by atoms with Gasteiger partial charge in [-0.05, 0) is 66.6 Å². The molecular formula is C31H30N2O3. The zero-order valence-electron chi connectivity index (χ0n) is 23.9. The van der Waals surface area contributed by atoms with E-state index in [2.05, 4.69) is 5.10 Å². The number of carboxylic acids is 1. The lowest BCUT2D eigenvalue weighted by Crippen LogP contribution is -2.50. The monoisotopic (exact) mass is 482 g/mol. The molecule has 1 heterocycles. The van der Waals surface area contributed by atoms with Crippen LogP contribution in [0.15, 0.2) is 79.0 Å². The number of carbonyl (C=O) groups is 2. The van der Waals surface area contributed by atoms with Crippen LogP contribution in [0.2, 0.25) is 0 Å². The quantitative estimate of drug-likeness (QED) is 0.295. The number of carbonyl (C=O) groups excluding carboxylic acids is 1. The van der Waals surface area contributed by atoms with Crippen LogP contribution >= 0.6 is 0 Å². The molecule has 0 bridgehead atoms. The fraction of sp³-hybridized carbons (Fsp3) is 0.323. The molecule has 1 N–H and O–H groups in total. The van der Waals surface area contributed by atoms with Crippen LogP contribution in [0.1, 0.15) is 66.4 Å². The van der Waals surface area contributed by atoms with Gasteiger partial charge < -0.3 is 5.11 Å². The molecule has 3 aromatic carbocycles. The molecule has 0 amide bonds. The molecule has 5 heteroatoms. The van der Waals surface area contributed by atoms with E-state index in [9.17, 15) is 16.1 Å². The fourth-order valence-corrected chi connectivity index (χ4v) is 6.22. The predicted molar refractivity (Wildman–Crippen MR) is 140 cm³/mol. The van der Waals surface area contributed by atoms with E-state index >= 15 is 0 Å². The van der Waals surface area contributed by atoms with Crippen molar-refractivity contribution in [2.45, 2.75) is 45.0 Å². The third-order valence-corrected chi connectivity index (χ3v) is 7.99. The maximum absolute atomic E-state index is 13.6. The molecule has 36 heavy (non-hydrogen) atoms. The lowest BCUT2D eigenvalue weighted by atomic mass is 9.47. The summed E-state index contributed by atoms with van der Waals surface area (Å²) in [6, 6.07) is 19.6. The molecule has 0 aliphatic heterocycles. The van der Waals surface area contributed by atoms with Gasteiger partial charge in [-0.15, -0.1) is 0 Å². The summed E-state index contributed by atoms with van der Waals surface area (Å²) in [6.45, 7) is -2.79. The van der Waals surface area contributed by atoms with E-state index in [0.717, 1.165) is 24.0 Å². The number of fused-ring (bicyclic) bond motifs is 1. The Morgan fingerprint density at radius 2 is 1.75 bits per heavy atom. The lowest BCUT2D eigenvalue weighted by Gasteiger charge is -2.56. The lowest BCUT2D eigenvalue weighted by molar-refractivity contribution is -0.157. The summed E-state index contributed by atoms with van der Waals surface area (Å²) in [4.78, 5) is 24.8. The highest BCUT2D eigenvalue weighted by molar-refractivity contribution is 6.07. The molecule has 5 nitrogen and oxygen atoms in total. The van der Waals surface area contributed by atoms with Gasteiger partial charge in [-0.1, -0.05) is 66.7 Å². The van der Waals surface area contributed by atoms with Gasteiger partial charge in [0.15, 0.2) is 5.78 Å². The summed E-state index contributed by atoms with van der Waals surface area (Å²) < 4.78 is 35.8. The van der Waals surface area contributed by atoms with Gasteiger partial charge in [-0.3, -0.25) is 14.3 Å². The van der Waals surface area contributed by atoms with Gasteiger partial charge in [0.05, 0.1) is 25.0 Å². The summed E-state index contributed by atoms with van der Waals surface area (Å²) >= 11 is 0. The van der Waals surface area contributed by atoms with Crippen molar-refractivity contribution in [2.75, 3.05) is 0 Å². The van der Waals surface area contributed by atoms with Gasteiger partial charge in [0.25, 0.3) is 0 Å². The number of aromatic nitrogens is 2. The fourth-order valence-electron chi connectivity index (χ4n) is 6.22. The molecule has 1 aromatic heterocycles.